The van der Waals surface area contributed by atoms with E-state index in [1.54, 1.807) is 0 Å². The number of carboxylic acids is 1. The number of carbonyl (C=O) groups is 2. The van der Waals surface area contributed by atoms with E-state index in [0.717, 1.165) is 12.8 Å². The Morgan fingerprint density at radius 1 is 1.25 bits per heavy atom. The predicted octanol–water partition coefficient (Wildman–Crippen LogP) is 4.76. The van der Waals surface area contributed by atoms with Crippen LogP contribution in [0.2, 0.25) is 0 Å². The fraction of sp³-hybridized carbons (Fsp3) is 0.619. The molecule has 0 aliphatic heterocycles. The van der Waals surface area contributed by atoms with Gasteiger partial charge in [0.1, 0.15) is 5.78 Å². The molecule has 0 spiro atoms. The number of fused-ring (bicyclic) bond motifs is 1. The van der Waals surface area contributed by atoms with Crippen molar-refractivity contribution in [1.29, 1.82) is 0 Å². The molecule has 130 valence electrons. The van der Waals surface area contributed by atoms with Gasteiger partial charge in [0.2, 0.25) is 0 Å². The third kappa shape index (κ3) is 3.13. The largest absolute Gasteiger partial charge is 0.481 e. The Labute approximate surface area is 144 Å². The van der Waals surface area contributed by atoms with Gasteiger partial charge in [-0.3, -0.25) is 9.59 Å². The molecule has 0 bridgehead atoms. The number of carbonyl (C=O) groups excluding carboxylic acids is 1. The average Bonchev–Trinajstić information content (AvgIpc) is 3.36. The Kier molecular flexibility index (Phi) is 4.54. The number of rotatable bonds is 9. The Morgan fingerprint density at radius 2 is 1.92 bits per heavy atom. The van der Waals surface area contributed by atoms with E-state index < -0.39 is 11.9 Å². The number of hydrogen-bond acceptors (Lipinski definition) is 2. The van der Waals surface area contributed by atoms with Crippen molar-refractivity contribution < 1.29 is 14.7 Å². The molecule has 2 saturated carbocycles. The van der Waals surface area contributed by atoms with Gasteiger partial charge in [0, 0.05) is 12.8 Å². The van der Waals surface area contributed by atoms with Crippen LogP contribution >= 0.6 is 0 Å². The maximum Gasteiger partial charge on any atom is 0.306 e. The molecule has 3 heteroatoms. The van der Waals surface area contributed by atoms with E-state index in [9.17, 15) is 14.7 Å². The van der Waals surface area contributed by atoms with Gasteiger partial charge in [0.25, 0.3) is 0 Å². The Morgan fingerprint density at radius 3 is 2.42 bits per heavy atom. The monoisotopic (exact) mass is 328 g/mol. The van der Waals surface area contributed by atoms with Crippen molar-refractivity contribution in [1.82, 2.24) is 0 Å². The lowest BCUT2D eigenvalue weighted by Crippen LogP contribution is -2.19. The fourth-order valence-electron chi connectivity index (χ4n) is 4.35. The van der Waals surface area contributed by atoms with Gasteiger partial charge in [-0.15, -0.1) is 0 Å². The molecule has 3 nitrogen and oxygen atoms in total. The van der Waals surface area contributed by atoms with Crippen LogP contribution in [-0.4, -0.2) is 16.9 Å². The first-order valence-corrected chi connectivity index (χ1v) is 9.23. The molecule has 0 saturated heterocycles. The molecule has 4 atom stereocenters. The van der Waals surface area contributed by atoms with E-state index in [1.165, 1.54) is 11.1 Å². The first-order chi connectivity index (χ1) is 11.4. The van der Waals surface area contributed by atoms with Crippen LogP contribution in [-0.2, 0) is 9.59 Å². The summed E-state index contributed by atoms with van der Waals surface area (Å²) in [6.45, 7) is 6.35. The third-order valence-electron chi connectivity index (χ3n) is 6.04. The third-order valence-corrected chi connectivity index (χ3v) is 6.04. The van der Waals surface area contributed by atoms with Crippen molar-refractivity contribution in [3.63, 3.8) is 0 Å². The summed E-state index contributed by atoms with van der Waals surface area (Å²) in [5.74, 6) is 0.526. The maximum absolute atomic E-state index is 12.4. The summed E-state index contributed by atoms with van der Waals surface area (Å²) >= 11 is 0. The zero-order chi connectivity index (χ0) is 17.5. The van der Waals surface area contributed by atoms with E-state index in [4.69, 9.17) is 0 Å². The van der Waals surface area contributed by atoms with Gasteiger partial charge in [-0.05, 0) is 47.1 Å². The standard InChI is InChI=1S/C21H28O3/c1-4-5-16(20(23)24)10-17(22)11-21-12-18(21)19(21)15-8-6-14(7-9-15)13(2)3/h6-9,13,16,18-19H,4-5,10-12H2,1-3H3,(H,23,24). The zero-order valence-electron chi connectivity index (χ0n) is 14.9. The molecular formula is C21H28O3. The molecule has 0 aromatic heterocycles. The zero-order valence-corrected chi connectivity index (χ0v) is 14.9. The summed E-state index contributed by atoms with van der Waals surface area (Å²) in [6, 6.07) is 8.84. The topological polar surface area (TPSA) is 54.4 Å². The predicted molar refractivity (Wildman–Crippen MR) is 94.1 cm³/mol. The summed E-state index contributed by atoms with van der Waals surface area (Å²) in [7, 11) is 0. The van der Waals surface area contributed by atoms with Crippen molar-refractivity contribution >= 4 is 11.8 Å². The minimum absolute atomic E-state index is 0.139. The van der Waals surface area contributed by atoms with Gasteiger partial charge in [0.15, 0.2) is 0 Å². The van der Waals surface area contributed by atoms with Crippen molar-refractivity contribution in [2.45, 2.75) is 64.7 Å². The summed E-state index contributed by atoms with van der Waals surface area (Å²) < 4.78 is 0. The first kappa shape index (κ1) is 17.2. The lowest BCUT2D eigenvalue weighted by Gasteiger charge is -2.15. The fourth-order valence-corrected chi connectivity index (χ4v) is 4.35. The van der Waals surface area contributed by atoms with Gasteiger partial charge in [-0.25, -0.2) is 0 Å². The molecule has 2 aliphatic rings. The number of ketones is 1. The number of Topliss-reactive ketones (excluding diaryl/α,β-unsaturated/α-hetero) is 1. The second-order valence-electron chi connectivity index (χ2n) is 8.09. The van der Waals surface area contributed by atoms with Crippen LogP contribution in [0.25, 0.3) is 0 Å². The summed E-state index contributed by atoms with van der Waals surface area (Å²) in [5.41, 5.74) is 2.87. The average molecular weight is 328 g/mol. The Balaban J connectivity index is 1.57. The second kappa shape index (κ2) is 6.34. The number of aliphatic carboxylic acids is 1. The molecule has 0 amide bonds. The van der Waals surface area contributed by atoms with Crippen LogP contribution in [0.5, 0.6) is 0 Å². The van der Waals surface area contributed by atoms with Crippen molar-refractivity contribution in [2.24, 2.45) is 17.3 Å². The summed E-state index contributed by atoms with van der Waals surface area (Å²) in [6.07, 6.45) is 3.32. The van der Waals surface area contributed by atoms with E-state index in [1.807, 2.05) is 6.92 Å². The number of carboxylic acid groups (broad SMARTS) is 1. The highest BCUT2D eigenvalue weighted by atomic mass is 16.4. The van der Waals surface area contributed by atoms with Crippen LogP contribution in [0.4, 0.5) is 0 Å². The first-order valence-electron chi connectivity index (χ1n) is 9.23. The van der Waals surface area contributed by atoms with Crippen LogP contribution in [0.15, 0.2) is 24.3 Å². The van der Waals surface area contributed by atoms with Crippen LogP contribution in [0, 0.1) is 17.3 Å². The Bertz CT molecular complexity index is 631. The normalized spacial score (nSPS) is 28.3. The smallest absolute Gasteiger partial charge is 0.306 e. The minimum Gasteiger partial charge on any atom is -0.481 e. The van der Waals surface area contributed by atoms with Gasteiger partial charge in [-0.1, -0.05) is 51.5 Å². The van der Waals surface area contributed by atoms with Gasteiger partial charge < -0.3 is 5.11 Å². The van der Waals surface area contributed by atoms with Crippen LogP contribution in [0.1, 0.15) is 75.8 Å². The molecule has 24 heavy (non-hydrogen) atoms. The highest BCUT2D eigenvalue weighted by Crippen LogP contribution is 2.85. The van der Waals surface area contributed by atoms with E-state index >= 15 is 0 Å². The summed E-state index contributed by atoms with van der Waals surface area (Å²) in [5, 5.41) is 9.23. The van der Waals surface area contributed by atoms with Crippen molar-refractivity contribution in [3.05, 3.63) is 35.4 Å². The highest BCUT2D eigenvalue weighted by molar-refractivity contribution is 5.85. The SMILES string of the molecule is CCCC(CC(=O)CC12CC1C2c1ccc(C(C)C)cc1)C(=O)O. The molecule has 2 aliphatic carbocycles. The molecule has 1 N–H and O–H groups in total. The van der Waals surface area contributed by atoms with Gasteiger partial charge in [-0.2, -0.15) is 0 Å². The van der Waals surface area contributed by atoms with Gasteiger partial charge in [0.05, 0.1) is 5.92 Å². The molecule has 0 radical (unpaired) electrons. The van der Waals surface area contributed by atoms with Crippen LogP contribution in [0.3, 0.4) is 0 Å². The van der Waals surface area contributed by atoms with Crippen molar-refractivity contribution in [2.75, 3.05) is 0 Å². The van der Waals surface area contributed by atoms with Crippen LogP contribution < -0.4 is 0 Å². The lowest BCUT2D eigenvalue weighted by atomic mass is 9.89. The minimum atomic E-state index is -0.827. The quantitative estimate of drug-likeness (QED) is 0.711. The Hall–Kier alpha value is -1.64. The van der Waals surface area contributed by atoms with E-state index in [0.29, 0.717) is 30.6 Å². The number of hydrogen-bond donors (Lipinski definition) is 1. The molecule has 1 aromatic rings. The second-order valence-corrected chi connectivity index (χ2v) is 8.09. The van der Waals surface area contributed by atoms with E-state index in [2.05, 4.69) is 38.1 Å². The summed E-state index contributed by atoms with van der Waals surface area (Å²) in [4.78, 5) is 23.6. The lowest BCUT2D eigenvalue weighted by molar-refractivity contribution is -0.144. The maximum atomic E-state index is 12.4. The number of benzene rings is 1. The van der Waals surface area contributed by atoms with Gasteiger partial charge >= 0.3 is 5.97 Å². The van der Waals surface area contributed by atoms with E-state index in [-0.39, 0.29) is 17.6 Å². The molecule has 2 fully saturated rings. The molecular weight excluding hydrogens is 300 g/mol. The molecule has 1 aromatic carbocycles. The molecule has 3 rings (SSSR count). The highest BCUT2D eigenvalue weighted by Gasteiger charge is 2.78. The molecule has 4 unspecified atom stereocenters. The molecule has 0 heterocycles. The van der Waals surface area contributed by atoms with Crippen molar-refractivity contribution in [3.8, 4) is 0 Å².